The molecule has 2 aromatic carbocycles. The monoisotopic (exact) mass is 381 g/mol. The number of hydrogen-bond acceptors (Lipinski definition) is 4. The van der Waals surface area contributed by atoms with Crippen LogP contribution in [0.1, 0.15) is 18.4 Å². The third-order valence-corrected chi connectivity index (χ3v) is 4.75. The maximum absolute atomic E-state index is 13.0. The van der Waals surface area contributed by atoms with Gasteiger partial charge in [0.05, 0.1) is 22.6 Å². The number of amides is 1. The van der Waals surface area contributed by atoms with Gasteiger partial charge in [-0.05, 0) is 36.8 Å². The zero-order valence-corrected chi connectivity index (χ0v) is 15.6. The number of nitrogens with zero attached hydrogens (tertiary/aromatic N) is 1. The van der Waals surface area contributed by atoms with E-state index < -0.39 is 5.92 Å². The van der Waals surface area contributed by atoms with Gasteiger partial charge in [-0.1, -0.05) is 41.9 Å². The largest absolute Gasteiger partial charge is 0.353 e. The Morgan fingerprint density at radius 2 is 1.85 bits per heavy atom. The van der Waals surface area contributed by atoms with Crippen LogP contribution in [0.3, 0.4) is 0 Å². The molecule has 0 saturated carbocycles. The topological polar surface area (TPSA) is 64.9 Å². The molecule has 6 heteroatoms. The van der Waals surface area contributed by atoms with E-state index in [1.165, 1.54) is 0 Å². The molecule has 130 valence electrons. The second-order valence-corrected chi connectivity index (χ2v) is 6.73. The molecule has 0 aromatic heterocycles. The zero-order valence-electron chi connectivity index (χ0n) is 14.0. The van der Waals surface area contributed by atoms with Crippen LogP contribution < -0.4 is 10.6 Å². The smallest absolute Gasteiger partial charge is 0.254 e. The maximum atomic E-state index is 13.0. The summed E-state index contributed by atoms with van der Waals surface area (Å²) in [5.41, 5.74) is 3.01. The molecule has 0 radical (unpaired) electrons. The van der Waals surface area contributed by atoms with Gasteiger partial charge in [-0.25, -0.2) is 0 Å². The minimum Gasteiger partial charge on any atom is -0.353 e. The Balaban J connectivity index is 2.05. The SMILES string of the molecule is CC1=C(C(=O)Nc2ccccc2)C(c2ccc(Cl)cc2)C(C#N)=C(S)N1. The lowest BCUT2D eigenvalue weighted by Crippen LogP contribution is -2.30. The van der Waals surface area contributed by atoms with Gasteiger partial charge in [-0.15, -0.1) is 12.6 Å². The van der Waals surface area contributed by atoms with E-state index in [9.17, 15) is 10.1 Å². The van der Waals surface area contributed by atoms with Crippen molar-refractivity contribution in [1.82, 2.24) is 5.32 Å². The van der Waals surface area contributed by atoms with Crippen LogP contribution in [0.15, 0.2) is 76.5 Å². The zero-order chi connectivity index (χ0) is 18.7. The Bertz CT molecular complexity index is 943. The lowest BCUT2D eigenvalue weighted by atomic mass is 9.82. The molecule has 0 bridgehead atoms. The number of para-hydroxylation sites is 1. The summed E-state index contributed by atoms with van der Waals surface area (Å²) in [6, 6.07) is 18.5. The van der Waals surface area contributed by atoms with Crippen molar-refractivity contribution in [3.63, 3.8) is 0 Å². The predicted molar refractivity (Wildman–Crippen MR) is 107 cm³/mol. The molecule has 0 spiro atoms. The number of nitrogens with one attached hydrogen (secondary N) is 2. The van der Waals surface area contributed by atoms with Crippen molar-refractivity contribution in [3.05, 3.63) is 87.1 Å². The molecule has 1 aliphatic rings. The fourth-order valence-electron chi connectivity index (χ4n) is 2.94. The molecule has 0 aliphatic carbocycles. The summed E-state index contributed by atoms with van der Waals surface area (Å²) in [5, 5.41) is 16.6. The van der Waals surface area contributed by atoms with Crippen molar-refractivity contribution >= 4 is 35.8 Å². The van der Waals surface area contributed by atoms with Gasteiger partial charge >= 0.3 is 0 Å². The van der Waals surface area contributed by atoms with Gasteiger partial charge in [0.2, 0.25) is 0 Å². The first-order valence-corrected chi connectivity index (χ1v) is 8.76. The van der Waals surface area contributed by atoms with Crippen molar-refractivity contribution < 1.29 is 4.79 Å². The Kier molecular flexibility index (Phi) is 5.36. The molecular formula is C20H16ClN3OS. The highest BCUT2D eigenvalue weighted by Crippen LogP contribution is 2.39. The van der Waals surface area contributed by atoms with Gasteiger partial charge in [0.1, 0.15) is 0 Å². The fraction of sp³-hybridized carbons (Fsp3) is 0.100. The summed E-state index contributed by atoms with van der Waals surface area (Å²) in [5.74, 6) is -0.788. The van der Waals surface area contributed by atoms with Crippen LogP contribution in [0.25, 0.3) is 0 Å². The molecule has 2 aromatic rings. The van der Waals surface area contributed by atoms with E-state index >= 15 is 0 Å². The number of benzene rings is 2. The number of nitriles is 1. The first-order chi connectivity index (χ1) is 12.5. The normalized spacial score (nSPS) is 16.8. The minimum absolute atomic E-state index is 0.269. The van der Waals surface area contributed by atoms with E-state index in [2.05, 4.69) is 29.3 Å². The van der Waals surface area contributed by atoms with E-state index in [4.69, 9.17) is 11.6 Å². The Hall–Kier alpha value is -2.68. The molecule has 3 rings (SSSR count). The lowest BCUT2D eigenvalue weighted by Gasteiger charge is -2.28. The van der Waals surface area contributed by atoms with E-state index in [0.717, 1.165) is 5.56 Å². The maximum Gasteiger partial charge on any atom is 0.254 e. The number of halogens is 1. The van der Waals surface area contributed by atoms with Crippen LogP contribution in [0.4, 0.5) is 5.69 Å². The van der Waals surface area contributed by atoms with Crippen molar-refractivity contribution in [3.8, 4) is 6.07 Å². The van der Waals surface area contributed by atoms with Crippen LogP contribution in [-0.2, 0) is 4.79 Å². The van der Waals surface area contributed by atoms with Crippen LogP contribution in [-0.4, -0.2) is 5.91 Å². The van der Waals surface area contributed by atoms with Gasteiger partial charge < -0.3 is 10.6 Å². The number of carbonyl (C=O) groups excluding carboxylic acids is 1. The summed E-state index contributed by atoms with van der Waals surface area (Å²) in [4.78, 5) is 13.0. The van der Waals surface area contributed by atoms with Gasteiger partial charge in [0.15, 0.2) is 0 Å². The molecule has 1 amide bonds. The van der Waals surface area contributed by atoms with Crippen molar-refractivity contribution in [2.45, 2.75) is 12.8 Å². The molecule has 1 aliphatic heterocycles. The highest BCUT2D eigenvalue weighted by Gasteiger charge is 2.33. The Labute approximate surface area is 162 Å². The van der Waals surface area contributed by atoms with E-state index in [-0.39, 0.29) is 5.91 Å². The number of hydrogen-bond donors (Lipinski definition) is 3. The Morgan fingerprint density at radius 1 is 1.19 bits per heavy atom. The van der Waals surface area contributed by atoms with Gasteiger partial charge in [0, 0.05) is 22.0 Å². The van der Waals surface area contributed by atoms with E-state index in [1.54, 1.807) is 19.1 Å². The summed E-state index contributed by atoms with van der Waals surface area (Å²) >= 11 is 10.4. The molecule has 26 heavy (non-hydrogen) atoms. The Morgan fingerprint density at radius 3 is 2.46 bits per heavy atom. The minimum atomic E-state index is -0.519. The molecule has 0 fully saturated rings. The van der Waals surface area contributed by atoms with Crippen molar-refractivity contribution in [2.75, 3.05) is 5.32 Å². The van der Waals surface area contributed by atoms with Gasteiger partial charge in [0.25, 0.3) is 5.91 Å². The van der Waals surface area contributed by atoms with Gasteiger partial charge in [-0.2, -0.15) is 5.26 Å². The number of allylic oxidation sites excluding steroid dienone is 2. The number of rotatable bonds is 3. The second-order valence-electron chi connectivity index (χ2n) is 5.84. The molecule has 0 saturated heterocycles. The molecule has 1 unspecified atom stereocenters. The van der Waals surface area contributed by atoms with Crippen LogP contribution >= 0.6 is 24.2 Å². The first-order valence-electron chi connectivity index (χ1n) is 7.94. The summed E-state index contributed by atoms with van der Waals surface area (Å²) in [7, 11) is 0. The summed E-state index contributed by atoms with van der Waals surface area (Å²) < 4.78 is 0. The van der Waals surface area contributed by atoms with Crippen LogP contribution in [0, 0.1) is 11.3 Å². The highest BCUT2D eigenvalue weighted by atomic mass is 35.5. The summed E-state index contributed by atoms with van der Waals surface area (Å²) in [6.45, 7) is 1.80. The highest BCUT2D eigenvalue weighted by molar-refractivity contribution is 7.84. The average Bonchev–Trinajstić information content (AvgIpc) is 2.62. The fourth-order valence-corrected chi connectivity index (χ4v) is 3.41. The molecule has 4 nitrogen and oxygen atoms in total. The third kappa shape index (κ3) is 3.62. The van der Waals surface area contributed by atoms with Crippen LogP contribution in [0.2, 0.25) is 5.02 Å². The number of carbonyl (C=O) groups is 1. The number of anilines is 1. The molecule has 2 N–H and O–H groups in total. The van der Waals surface area contributed by atoms with E-state index in [1.807, 2.05) is 42.5 Å². The average molecular weight is 382 g/mol. The molecule has 1 heterocycles. The summed E-state index contributed by atoms with van der Waals surface area (Å²) in [6.07, 6.45) is 0. The van der Waals surface area contributed by atoms with Crippen molar-refractivity contribution in [2.24, 2.45) is 0 Å². The number of dihydropyridines is 1. The molecular weight excluding hydrogens is 366 g/mol. The number of thiol groups is 1. The van der Waals surface area contributed by atoms with Crippen LogP contribution in [0.5, 0.6) is 0 Å². The third-order valence-electron chi connectivity index (χ3n) is 4.14. The standard InChI is InChI=1S/C20H16ClN3OS/c1-12-17(19(25)24-15-5-3-2-4-6-15)18(16(11-22)20(26)23-12)13-7-9-14(21)10-8-13/h2-10,18,23,26H,1H3,(H,24,25). The van der Waals surface area contributed by atoms with Gasteiger partial charge in [-0.3, -0.25) is 4.79 Å². The molecule has 1 atom stereocenters. The van der Waals surface area contributed by atoms with E-state index in [0.29, 0.717) is 32.6 Å². The van der Waals surface area contributed by atoms with Crippen molar-refractivity contribution in [1.29, 1.82) is 5.26 Å². The quantitative estimate of drug-likeness (QED) is 0.680. The second kappa shape index (κ2) is 7.69. The first kappa shape index (κ1) is 18.1. The predicted octanol–water partition coefficient (Wildman–Crippen LogP) is 4.60. The lowest BCUT2D eigenvalue weighted by molar-refractivity contribution is -0.113.